The molecule has 4 heteroatoms. The second-order valence-corrected chi connectivity index (χ2v) is 3.56. The number of aromatic nitrogens is 1. The molecular weight excluding hydrogens is 219 g/mol. The van der Waals surface area contributed by atoms with Gasteiger partial charge in [-0.05, 0) is 23.8 Å². The number of rotatable bonds is 2. The lowest BCUT2D eigenvalue weighted by Gasteiger charge is -2.06. The van der Waals surface area contributed by atoms with Crippen LogP contribution in [0.15, 0.2) is 41.2 Å². The standard InChI is InChI=1S/C13H9FN2O/c14-10-3-1-9(2-4-10)11-5-6-13(17)16-12(11)7-8-15/h1-6H,7H2,(H,16,17). The predicted molar refractivity (Wildman–Crippen MR) is 61.8 cm³/mol. The van der Waals surface area contributed by atoms with Gasteiger partial charge in [-0.2, -0.15) is 5.26 Å². The molecule has 0 saturated heterocycles. The molecule has 84 valence electrons. The van der Waals surface area contributed by atoms with Gasteiger partial charge in [0.25, 0.3) is 0 Å². The second-order valence-electron chi connectivity index (χ2n) is 3.56. The van der Waals surface area contributed by atoms with Gasteiger partial charge < -0.3 is 4.98 Å². The van der Waals surface area contributed by atoms with Gasteiger partial charge in [-0.3, -0.25) is 4.79 Å². The molecule has 1 aromatic heterocycles. The fourth-order valence-corrected chi connectivity index (χ4v) is 1.64. The monoisotopic (exact) mass is 228 g/mol. The summed E-state index contributed by atoms with van der Waals surface area (Å²) >= 11 is 0. The van der Waals surface area contributed by atoms with E-state index in [1.165, 1.54) is 18.2 Å². The van der Waals surface area contributed by atoms with Crippen LogP contribution in [-0.2, 0) is 6.42 Å². The van der Waals surface area contributed by atoms with Gasteiger partial charge in [-0.15, -0.1) is 0 Å². The van der Waals surface area contributed by atoms with Crippen molar-refractivity contribution in [1.82, 2.24) is 4.98 Å². The van der Waals surface area contributed by atoms with E-state index in [0.717, 1.165) is 11.1 Å². The van der Waals surface area contributed by atoms with Crippen LogP contribution in [0, 0.1) is 17.1 Å². The van der Waals surface area contributed by atoms with Crippen LogP contribution in [0.25, 0.3) is 11.1 Å². The Bertz CT molecular complexity index is 623. The first-order chi connectivity index (χ1) is 8.20. The van der Waals surface area contributed by atoms with Crippen molar-refractivity contribution in [1.29, 1.82) is 5.26 Å². The molecule has 0 unspecified atom stereocenters. The Morgan fingerprint density at radius 1 is 1.18 bits per heavy atom. The summed E-state index contributed by atoms with van der Waals surface area (Å²) in [5, 5.41) is 8.69. The van der Waals surface area contributed by atoms with Crippen molar-refractivity contribution in [2.24, 2.45) is 0 Å². The average molecular weight is 228 g/mol. The summed E-state index contributed by atoms with van der Waals surface area (Å²) in [5.41, 5.74) is 1.81. The van der Waals surface area contributed by atoms with E-state index in [0.29, 0.717) is 5.69 Å². The number of nitriles is 1. The highest BCUT2D eigenvalue weighted by molar-refractivity contribution is 5.65. The molecule has 0 aliphatic heterocycles. The number of pyridine rings is 1. The van der Waals surface area contributed by atoms with Crippen LogP contribution in [0.3, 0.4) is 0 Å². The van der Waals surface area contributed by atoms with Gasteiger partial charge in [0.2, 0.25) is 5.56 Å². The molecular formula is C13H9FN2O. The molecule has 1 N–H and O–H groups in total. The van der Waals surface area contributed by atoms with Gasteiger partial charge in [0, 0.05) is 17.3 Å². The third kappa shape index (κ3) is 2.40. The van der Waals surface area contributed by atoms with Crippen LogP contribution >= 0.6 is 0 Å². The zero-order chi connectivity index (χ0) is 12.3. The lowest BCUT2D eigenvalue weighted by molar-refractivity contribution is 0.628. The predicted octanol–water partition coefficient (Wildman–Crippen LogP) is 2.25. The van der Waals surface area contributed by atoms with Crippen LogP contribution in [0.1, 0.15) is 5.69 Å². The number of halogens is 1. The van der Waals surface area contributed by atoms with Gasteiger partial charge in [0.15, 0.2) is 0 Å². The summed E-state index contributed by atoms with van der Waals surface area (Å²) in [7, 11) is 0. The second kappa shape index (κ2) is 4.62. The minimum absolute atomic E-state index is 0.114. The van der Waals surface area contributed by atoms with Crippen LogP contribution in [-0.4, -0.2) is 4.98 Å². The smallest absolute Gasteiger partial charge is 0.248 e. The maximum atomic E-state index is 12.8. The zero-order valence-electron chi connectivity index (χ0n) is 8.90. The summed E-state index contributed by atoms with van der Waals surface area (Å²) in [4.78, 5) is 13.8. The number of nitrogens with one attached hydrogen (secondary N) is 1. The molecule has 0 aliphatic rings. The highest BCUT2D eigenvalue weighted by atomic mass is 19.1. The first-order valence-corrected chi connectivity index (χ1v) is 5.06. The lowest BCUT2D eigenvalue weighted by Crippen LogP contribution is -2.08. The Hall–Kier alpha value is -2.41. The first-order valence-electron chi connectivity index (χ1n) is 5.06. The van der Waals surface area contributed by atoms with Gasteiger partial charge in [-0.1, -0.05) is 12.1 Å². The van der Waals surface area contributed by atoms with E-state index in [-0.39, 0.29) is 17.8 Å². The van der Waals surface area contributed by atoms with E-state index in [9.17, 15) is 9.18 Å². The molecule has 17 heavy (non-hydrogen) atoms. The fraction of sp³-hybridized carbons (Fsp3) is 0.0769. The number of nitrogens with zero attached hydrogens (tertiary/aromatic N) is 1. The molecule has 2 aromatic rings. The first kappa shape index (κ1) is 11.1. The highest BCUT2D eigenvalue weighted by Gasteiger charge is 2.05. The van der Waals surface area contributed by atoms with Gasteiger partial charge in [0.05, 0.1) is 12.5 Å². The third-order valence-corrected chi connectivity index (χ3v) is 2.41. The largest absolute Gasteiger partial charge is 0.325 e. The average Bonchev–Trinajstić information content (AvgIpc) is 2.31. The Labute approximate surface area is 97.2 Å². The highest BCUT2D eigenvalue weighted by Crippen LogP contribution is 2.21. The molecule has 0 amide bonds. The van der Waals surface area contributed by atoms with Crippen molar-refractivity contribution in [3.05, 3.63) is 58.3 Å². The molecule has 0 atom stereocenters. The minimum atomic E-state index is -0.319. The molecule has 1 aromatic carbocycles. The maximum absolute atomic E-state index is 12.8. The minimum Gasteiger partial charge on any atom is -0.325 e. The zero-order valence-corrected chi connectivity index (χ0v) is 8.90. The van der Waals surface area contributed by atoms with E-state index in [2.05, 4.69) is 4.98 Å². The third-order valence-electron chi connectivity index (χ3n) is 2.41. The van der Waals surface area contributed by atoms with E-state index < -0.39 is 0 Å². The maximum Gasteiger partial charge on any atom is 0.248 e. The number of H-pyrrole nitrogens is 1. The van der Waals surface area contributed by atoms with Crippen LogP contribution in [0.4, 0.5) is 4.39 Å². The number of hydrogen-bond acceptors (Lipinski definition) is 2. The molecule has 0 radical (unpaired) electrons. The quantitative estimate of drug-likeness (QED) is 0.857. The SMILES string of the molecule is N#CCc1[nH]c(=O)ccc1-c1ccc(F)cc1. The summed E-state index contributed by atoms with van der Waals surface area (Å²) in [6, 6.07) is 10.9. The molecule has 1 heterocycles. The molecule has 0 bridgehead atoms. The number of hydrogen-bond donors (Lipinski definition) is 1. The van der Waals surface area contributed by atoms with E-state index in [1.54, 1.807) is 18.2 Å². The Balaban J connectivity index is 2.55. The van der Waals surface area contributed by atoms with E-state index >= 15 is 0 Å². The Morgan fingerprint density at radius 3 is 2.53 bits per heavy atom. The topological polar surface area (TPSA) is 56.6 Å². The molecule has 0 saturated carbocycles. The summed E-state index contributed by atoms with van der Waals surface area (Å²) in [5.74, 6) is -0.319. The molecule has 2 rings (SSSR count). The van der Waals surface area contributed by atoms with Gasteiger partial charge >= 0.3 is 0 Å². The summed E-state index contributed by atoms with van der Waals surface area (Å²) < 4.78 is 12.8. The fourth-order valence-electron chi connectivity index (χ4n) is 1.64. The van der Waals surface area contributed by atoms with Crippen molar-refractivity contribution in [2.75, 3.05) is 0 Å². The normalized spacial score (nSPS) is 9.88. The molecule has 3 nitrogen and oxygen atoms in total. The van der Waals surface area contributed by atoms with Crippen molar-refractivity contribution >= 4 is 0 Å². The van der Waals surface area contributed by atoms with E-state index in [4.69, 9.17) is 5.26 Å². The lowest BCUT2D eigenvalue weighted by atomic mass is 10.0. The Morgan fingerprint density at radius 2 is 1.88 bits per heavy atom. The van der Waals surface area contributed by atoms with Crippen LogP contribution < -0.4 is 5.56 Å². The van der Waals surface area contributed by atoms with Gasteiger partial charge in [-0.25, -0.2) is 4.39 Å². The molecule has 0 fully saturated rings. The summed E-state index contributed by atoms with van der Waals surface area (Å²) in [6.07, 6.45) is 0.114. The van der Waals surface area contributed by atoms with E-state index in [1.807, 2.05) is 6.07 Å². The molecule has 0 spiro atoms. The van der Waals surface area contributed by atoms with Gasteiger partial charge in [0.1, 0.15) is 5.82 Å². The Kier molecular flexibility index (Phi) is 3.01. The molecule has 0 aliphatic carbocycles. The summed E-state index contributed by atoms with van der Waals surface area (Å²) in [6.45, 7) is 0. The van der Waals surface area contributed by atoms with Crippen molar-refractivity contribution in [3.8, 4) is 17.2 Å². The van der Waals surface area contributed by atoms with Crippen molar-refractivity contribution < 1.29 is 4.39 Å². The van der Waals surface area contributed by atoms with Crippen LogP contribution in [0.2, 0.25) is 0 Å². The van der Waals surface area contributed by atoms with Crippen molar-refractivity contribution in [2.45, 2.75) is 6.42 Å². The van der Waals surface area contributed by atoms with Crippen molar-refractivity contribution in [3.63, 3.8) is 0 Å². The van der Waals surface area contributed by atoms with Crippen LogP contribution in [0.5, 0.6) is 0 Å². The number of benzene rings is 1. The number of aromatic amines is 1.